The molecule has 0 spiro atoms. The lowest BCUT2D eigenvalue weighted by Gasteiger charge is -2.10. The molecule has 0 aliphatic heterocycles. The molecule has 0 saturated heterocycles. The van der Waals surface area contributed by atoms with Crippen LogP contribution in [0.4, 0.5) is 5.69 Å². The Morgan fingerprint density at radius 3 is 2.32 bits per heavy atom. The van der Waals surface area contributed by atoms with Crippen molar-refractivity contribution in [3.63, 3.8) is 0 Å². The minimum absolute atomic E-state index is 0.0521. The van der Waals surface area contributed by atoms with Crippen LogP contribution >= 0.6 is 0 Å². The summed E-state index contributed by atoms with van der Waals surface area (Å²) in [6.45, 7) is 5.71. The number of sulfonamides is 1. The highest BCUT2D eigenvalue weighted by Gasteiger charge is 2.13. The third kappa shape index (κ3) is 5.30. The average Bonchev–Trinajstić information content (AvgIpc) is 2.27. The Kier molecular flexibility index (Phi) is 5.35. The zero-order chi connectivity index (χ0) is 14.5. The van der Waals surface area contributed by atoms with Gasteiger partial charge in [-0.2, -0.15) is 0 Å². The monoisotopic (exact) mass is 285 g/mol. The maximum Gasteiger partial charge on any atom is 0.338 e. The maximum atomic E-state index is 11.7. The second kappa shape index (κ2) is 6.56. The van der Waals surface area contributed by atoms with Crippen molar-refractivity contribution in [2.75, 3.05) is 17.1 Å². The Balaban J connectivity index is 2.75. The van der Waals surface area contributed by atoms with Gasteiger partial charge in [-0.3, -0.25) is 4.72 Å². The van der Waals surface area contributed by atoms with Crippen LogP contribution in [0, 0.1) is 5.92 Å². The summed E-state index contributed by atoms with van der Waals surface area (Å²) in [5.74, 6) is -0.303. The van der Waals surface area contributed by atoms with Crippen LogP contribution in [0.1, 0.15) is 31.1 Å². The van der Waals surface area contributed by atoms with Crippen molar-refractivity contribution in [3.05, 3.63) is 29.8 Å². The van der Waals surface area contributed by atoms with Crippen molar-refractivity contribution in [3.8, 4) is 0 Å². The quantitative estimate of drug-likeness (QED) is 0.814. The standard InChI is InChI=1S/C13H19NO4S/c1-4-18-13(15)11-5-7-12(8-6-11)14-19(16,17)9-10(2)3/h5-8,10,14H,4,9H2,1-3H3. The molecule has 5 nitrogen and oxygen atoms in total. The van der Waals surface area contributed by atoms with Crippen molar-refractivity contribution >= 4 is 21.7 Å². The Morgan fingerprint density at radius 2 is 1.84 bits per heavy atom. The molecule has 1 rings (SSSR count). The van der Waals surface area contributed by atoms with Gasteiger partial charge in [-0.15, -0.1) is 0 Å². The molecule has 0 aromatic heterocycles. The first-order chi connectivity index (χ1) is 8.84. The SMILES string of the molecule is CCOC(=O)c1ccc(NS(=O)(=O)CC(C)C)cc1. The number of esters is 1. The molecule has 0 heterocycles. The minimum Gasteiger partial charge on any atom is -0.462 e. The normalized spacial score (nSPS) is 11.4. The van der Waals surface area contributed by atoms with E-state index in [1.807, 2.05) is 13.8 Å². The lowest BCUT2D eigenvalue weighted by Crippen LogP contribution is -2.20. The highest BCUT2D eigenvalue weighted by molar-refractivity contribution is 7.92. The summed E-state index contributed by atoms with van der Waals surface area (Å²) >= 11 is 0. The molecule has 0 aliphatic carbocycles. The average molecular weight is 285 g/mol. The van der Waals surface area contributed by atoms with Gasteiger partial charge in [-0.25, -0.2) is 13.2 Å². The van der Waals surface area contributed by atoms with E-state index in [1.165, 1.54) is 12.1 Å². The number of hydrogen-bond donors (Lipinski definition) is 1. The predicted octanol–water partition coefficient (Wildman–Crippen LogP) is 2.26. The van der Waals surface area contributed by atoms with E-state index in [0.29, 0.717) is 17.9 Å². The van der Waals surface area contributed by atoms with Crippen molar-refractivity contribution in [1.82, 2.24) is 0 Å². The molecule has 0 bridgehead atoms. The number of hydrogen-bond acceptors (Lipinski definition) is 4. The topological polar surface area (TPSA) is 72.5 Å². The van der Waals surface area contributed by atoms with Gasteiger partial charge < -0.3 is 4.74 Å². The molecule has 19 heavy (non-hydrogen) atoms. The van der Waals surface area contributed by atoms with Crippen LogP contribution in [0.15, 0.2) is 24.3 Å². The van der Waals surface area contributed by atoms with Crippen LogP contribution < -0.4 is 4.72 Å². The van der Waals surface area contributed by atoms with Gasteiger partial charge in [0.1, 0.15) is 0 Å². The number of carbonyl (C=O) groups is 1. The van der Waals surface area contributed by atoms with Crippen molar-refractivity contribution in [2.24, 2.45) is 5.92 Å². The maximum absolute atomic E-state index is 11.7. The number of anilines is 1. The Bertz CT molecular complexity index is 520. The van der Waals surface area contributed by atoms with E-state index in [0.717, 1.165) is 0 Å². The third-order valence-electron chi connectivity index (χ3n) is 2.22. The van der Waals surface area contributed by atoms with Crippen LogP contribution in [0.2, 0.25) is 0 Å². The van der Waals surface area contributed by atoms with Crippen LogP contribution in [-0.4, -0.2) is 26.7 Å². The molecule has 6 heteroatoms. The molecular formula is C13H19NO4S. The highest BCUT2D eigenvalue weighted by atomic mass is 32.2. The fraction of sp³-hybridized carbons (Fsp3) is 0.462. The zero-order valence-corrected chi connectivity index (χ0v) is 12.2. The Labute approximate surface area is 114 Å². The molecule has 0 saturated carbocycles. The number of rotatable bonds is 6. The first-order valence-corrected chi connectivity index (χ1v) is 7.77. The second-order valence-electron chi connectivity index (χ2n) is 4.58. The van der Waals surface area contributed by atoms with E-state index >= 15 is 0 Å². The molecule has 0 unspecified atom stereocenters. The third-order valence-corrected chi connectivity index (χ3v) is 3.87. The summed E-state index contributed by atoms with van der Waals surface area (Å²) < 4.78 is 30.8. The van der Waals surface area contributed by atoms with Crippen molar-refractivity contribution < 1.29 is 17.9 Å². The molecule has 1 aromatic rings. The van der Waals surface area contributed by atoms with Crippen LogP contribution in [0.3, 0.4) is 0 Å². The van der Waals surface area contributed by atoms with E-state index < -0.39 is 16.0 Å². The van der Waals surface area contributed by atoms with Crippen LogP contribution in [-0.2, 0) is 14.8 Å². The Morgan fingerprint density at radius 1 is 1.26 bits per heavy atom. The zero-order valence-electron chi connectivity index (χ0n) is 11.3. The highest BCUT2D eigenvalue weighted by Crippen LogP contribution is 2.13. The van der Waals surface area contributed by atoms with Gasteiger partial charge in [-0.05, 0) is 37.1 Å². The first-order valence-electron chi connectivity index (χ1n) is 6.11. The van der Waals surface area contributed by atoms with E-state index in [9.17, 15) is 13.2 Å². The smallest absolute Gasteiger partial charge is 0.338 e. The van der Waals surface area contributed by atoms with Gasteiger partial charge in [0.2, 0.25) is 10.0 Å². The van der Waals surface area contributed by atoms with E-state index in [2.05, 4.69) is 4.72 Å². The molecule has 106 valence electrons. The van der Waals surface area contributed by atoms with Gasteiger partial charge in [0.25, 0.3) is 0 Å². The van der Waals surface area contributed by atoms with Crippen LogP contribution in [0.5, 0.6) is 0 Å². The summed E-state index contributed by atoms with van der Waals surface area (Å²) in [6, 6.07) is 6.16. The summed E-state index contributed by atoms with van der Waals surface area (Å²) in [5, 5.41) is 0. The summed E-state index contributed by atoms with van der Waals surface area (Å²) in [5.41, 5.74) is 0.836. The van der Waals surface area contributed by atoms with Gasteiger partial charge in [-0.1, -0.05) is 13.8 Å². The van der Waals surface area contributed by atoms with E-state index in [1.54, 1.807) is 19.1 Å². The van der Waals surface area contributed by atoms with Gasteiger partial charge in [0, 0.05) is 5.69 Å². The van der Waals surface area contributed by atoms with E-state index in [-0.39, 0.29) is 11.7 Å². The molecule has 0 amide bonds. The lowest BCUT2D eigenvalue weighted by molar-refractivity contribution is 0.0526. The molecule has 0 atom stereocenters. The number of carbonyl (C=O) groups excluding carboxylic acids is 1. The molecule has 0 aliphatic rings. The molecule has 0 fully saturated rings. The predicted molar refractivity (Wildman–Crippen MR) is 74.6 cm³/mol. The number of nitrogens with one attached hydrogen (secondary N) is 1. The molecule has 1 N–H and O–H groups in total. The summed E-state index contributed by atoms with van der Waals surface area (Å²) in [6.07, 6.45) is 0. The minimum atomic E-state index is -3.34. The van der Waals surface area contributed by atoms with Crippen molar-refractivity contribution in [1.29, 1.82) is 0 Å². The molecule has 0 radical (unpaired) electrons. The van der Waals surface area contributed by atoms with E-state index in [4.69, 9.17) is 4.74 Å². The van der Waals surface area contributed by atoms with Crippen LogP contribution in [0.25, 0.3) is 0 Å². The fourth-order valence-electron chi connectivity index (χ4n) is 1.55. The van der Waals surface area contributed by atoms with Gasteiger partial charge in [0.15, 0.2) is 0 Å². The fourth-order valence-corrected chi connectivity index (χ4v) is 3.01. The van der Waals surface area contributed by atoms with Gasteiger partial charge in [0.05, 0.1) is 17.9 Å². The number of ether oxygens (including phenoxy) is 1. The largest absolute Gasteiger partial charge is 0.462 e. The lowest BCUT2D eigenvalue weighted by atomic mass is 10.2. The molecule has 1 aromatic carbocycles. The summed E-state index contributed by atoms with van der Waals surface area (Å²) in [7, 11) is -3.34. The first kappa shape index (κ1) is 15.5. The second-order valence-corrected chi connectivity index (χ2v) is 6.34. The summed E-state index contributed by atoms with van der Waals surface area (Å²) in [4.78, 5) is 11.4. The number of benzene rings is 1. The van der Waals surface area contributed by atoms with Gasteiger partial charge >= 0.3 is 5.97 Å². The van der Waals surface area contributed by atoms with Crippen molar-refractivity contribution in [2.45, 2.75) is 20.8 Å². The molecular weight excluding hydrogens is 266 g/mol. The Hall–Kier alpha value is -1.56.